The van der Waals surface area contributed by atoms with Crippen LogP contribution in [-0.2, 0) is 14.3 Å². The summed E-state index contributed by atoms with van der Waals surface area (Å²) in [4.78, 5) is 27.0. The van der Waals surface area contributed by atoms with Gasteiger partial charge in [-0.1, -0.05) is 43.2 Å². The van der Waals surface area contributed by atoms with E-state index < -0.39 is 11.9 Å². The molecule has 1 saturated heterocycles. The van der Waals surface area contributed by atoms with Gasteiger partial charge in [-0.25, -0.2) is 0 Å². The van der Waals surface area contributed by atoms with Crippen LogP contribution in [0.1, 0.15) is 50.5 Å². The first-order valence-corrected chi connectivity index (χ1v) is 9.72. The van der Waals surface area contributed by atoms with E-state index in [1.807, 2.05) is 42.2 Å². The number of likely N-dealkylation sites (tertiary alicyclic amines) is 1. The average molecular weight is 359 g/mol. The Hall–Kier alpha value is -1.88. The van der Waals surface area contributed by atoms with Gasteiger partial charge in [0.25, 0.3) is 0 Å². The second kappa shape index (κ2) is 8.21. The standard InChI is InChI=1S/C21H29NO4/c1-2-26-13-12-21(10-6-7-11-21)20(25)22-14-17(18(15-22)19(23)24)16-8-4-3-5-9-16/h3-5,8-9,17-18H,2,6-7,10-15H2,1H3,(H,23,24)/t17-,18-/m0/s1. The minimum Gasteiger partial charge on any atom is -0.481 e. The van der Waals surface area contributed by atoms with Crippen LogP contribution in [0, 0.1) is 11.3 Å². The third-order valence-corrected chi connectivity index (χ3v) is 6.10. The second-order valence-corrected chi connectivity index (χ2v) is 7.61. The summed E-state index contributed by atoms with van der Waals surface area (Å²) in [6.45, 7) is 4.03. The molecule has 0 aromatic heterocycles. The fourth-order valence-corrected chi connectivity index (χ4v) is 4.63. The molecule has 0 radical (unpaired) electrons. The Morgan fingerprint density at radius 3 is 2.50 bits per heavy atom. The van der Waals surface area contributed by atoms with Crippen LogP contribution >= 0.6 is 0 Å². The lowest BCUT2D eigenvalue weighted by Crippen LogP contribution is -2.42. The first kappa shape index (κ1) is 18.9. The number of aliphatic carboxylic acids is 1. The quantitative estimate of drug-likeness (QED) is 0.759. The highest BCUT2D eigenvalue weighted by Gasteiger charge is 2.48. The molecular weight excluding hydrogens is 330 g/mol. The maximum atomic E-state index is 13.4. The number of hydrogen-bond acceptors (Lipinski definition) is 3. The summed E-state index contributed by atoms with van der Waals surface area (Å²) in [5.74, 6) is -1.35. The molecule has 0 spiro atoms. The zero-order valence-electron chi connectivity index (χ0n) is 15.5. The molecule has 1 aromatic rings. The number of hydrogen-bond donors (Lipinski definition) is 1. The molecule has 0 unspecified atom stereocenters. The molecule has 1 N–H and O–H groups in total. The molecule has 26 heavy (non-hydrogen) atoms. The van der Waals surface area contributed by atoms with Gasteiger partial charge in [0.05, 0.1) is 11.3 Å². The maximum absolute atomic E-state index is 13.4. The first-order chi connectivity index (χ1) is 12.6. The summed E-state index contributed by atoms with van der Waals surface area (Å²) in [5, 5.41) is 9.69. The van der Waals surface area contributed by atoms with Crippen LogP contribution in [0.4, 0.5) is 0 Å². The molecule has 1 saturated carbocycles. The minimum absolute atomic E-state index is 0.136. The van der Waals surface area contributed by atoms with Gasteiger partial charge in [-0.15, -0.1) is 0 Å². The Bertz CT molecular complexity index is 624. The molecule has 2 atom stereocenters. The number of amides is 1. The average Bonchev–Trinajstić information content (AvgIpc) is 3.30. The molecule has 5 heteroatoms. The van der Waals surface area contributed by atoms with Crippen molar-refractivity contribution >= 4 is 11.9 Å². The number of rotatable bonds is 7. The fraction of sp³-hybridized carbons (Fsp3) is 0.619. The number of carboxylic acid groups (broad SMARTS) is 1. The maximum Gasteiger partial charge on any atom is 0.308 e. The van der Waals surface area contributed by atoms with Gasteiger partial charge in [0.2, 0.25) is 5.91 Å². The third kappa shape index (κ3) is 3.78. The van der Waals surface area contributed by atoms with Crippen LogP contribution in [0.15, 0.2) is 30.3 Å². The smallest absolute Gasteiger partial charge is 0.308 e. The number of nitrogens with zero attached hydrogens (tertiary/aromatic N) is 1. The van der Waals surface area contributed by atoms with E-state index in [9.17, 15) is 14.7 Å². The number of carboxylic acids is 1. The summed E-state index contributed by atoms with van der Waals surface area (Å²) < 4.78 is 5.52. The van der Waals surface area contributed by atoms with Crippen molar-refractivity contribution in [2.24, 2.45) is 11.3 Å². The summed E-state index contributed by atoms with van der Waals surface area (Å²) in [7, 11) is 0. The van der Waals surface area contributed by atoms with Gasteiger partial charge in [0.15, 0.2) is 0 Å². The van der Waals surface area contributed by atoms with Crippen LogP contribution < -0.4 is 0 Å². The number of carbonyl (C=O) groups excluding carboxylic acids is 1. The van der Waals surface area contributed by atoms with Crippen molar-refractivity contribution in [1.29, 1.82) is 0 Å². The number of carbonyl (C=O) groups is 2. The molecule has 1 amide bonds. The van der Waals surface area contributed by atoms with E-state index in [-0.39, 0.29) is 17.2 Å². The lowest BCUT2D eigenvalue weighted by Gasteiger charge is -2.32. The van der Waals surface area contributed by atoms with Crippen molar-refractivity contribution < 1.29 is 19.4 Å². The molecule has 0 bridgehead atoms. The van der Waals surface area contributed by atoms with Crippen molar-refractivity contribution in [2.75, 3.05) is 26.3 Å². The molecule has 1 aromatic carbocycles. The summed E-state index contributed by atoms with van der Waals surface area (Å²) in [6, 6.07) is 9.72. The molecule has 1 heterocycles. The zero-order chi connectivity index (χ0) is 18.6. The van der Waals surface area contributed by atoms with Crippen molar-refractivity contribution in [3.8, 4) is 0 Å². The normalized spacial score (nSPS) is 24.7. The van der Waals surface area contributed by atoms with Gasteiger partial charge in [-0.05, 0) is 31.7 Å². The molecule has 2 fully saturated rings. The van der Waals surface area contributed by atoms with Crippen LogP contribution in [0.25, 0.3) is 0 Å². The largest absolute Gasteiger partial charge is 0.481 e. The van der Waals surface area contributed by atoms with E-state index in [1.165, 1.54) is 0 Å². The summed E-state index contributed by atoms with van der Waals surface area (Å²) >= 11 is 0. The van der Waals surface area contributed by atoms with Gasteiger partial charge < -0.3 is 14.7 Å². The summed E-state index contributed by atoms with van der Waals surface area (Å²) in [6.07, 6.45) is 4.66. The molecule has 5 nitrogen and oxygen atoms in total. The van der Waals surface area contributed by atoms with Gasteiger partial charge in [0.1, 0.15) is 0 Å². The number of benzene rings is 1. The zero-order valence-corrected chi connectivity index (χ0v) is 15.5. The van der Waals surface area contributed by atoms with Crippen LogP contribution in [-0.4, -0.2) is 48.2 Å². The molecule has 1 aliphatic carbocycles. The lowest BCUT2D eigenvalue weighted by atomic mass is 9.81. The Labute approximate surface area is 155 Å². The predicted octanol–water partition coefficient (Wildman–Crippen LogP) is 3.30. The van der Waals surface area contributed by atoms with Gasteiger partial charge in [-0.2, -0.15) is 0 Å². The highest BCUT2D eigenvalue weighted by molar-refractivity contribution is 5.85. The molecule has 3 rings (SSSR count). The van der Waals surface area contributed by atoms with Crippen molar-refractivity contribution in [3.05, 3.63) is 35.9 Å². The lowest BCUT2D eigenvalue weighted by molar-refractivity contribution is -0.144. The predicted molar refractivity (Wildman–Crippen MR) is 98.9 cm³/mol. The Kier molecular flexibility index (Phi) is 5.97. The highest BCUT2D eigenvalue weighted by Crippen LogP contribution is 2.45. The summed E-state index contributed by atoms with van der Waals surface area (Å²) in [5.41, 5.74) is 0.647. The van der Waals surface area contributed by atoms with Crippen molar-refractivity contribution in [1.82, 2.24) is 4.90 Å². The van der Waals surface area contributed by atoms with E-state index >= 15 is 0 Å². The van der Waals surface area contributed by atoms with E-state index in [0.29, 0.717) is 26.3 Å². The van der Waals surface area contributed by atoms with E-state index in [0.717, 1.165) is 37.7 Å². The minimum atomic E-state index is -0.816. The van der Waals surface area contributed by atoms with Crippen molar-refractivity contribution in [3.63, 3.8) is 0 Å². The van der Waals surface area contributed by atoms with Gasteiger partial charge in [-0.3, -0.25) is 9.59 Å². The first-order valence-electron chi connectivity index (χ1n) is 9.72. The Balaban J connectivity index is 1.77. The number of ether oxygens (including phenoxy) is 1. The SMILES string of the molecule is CCOCCC1(C(=O)N2C[C@H](C(=O)O)[C@H](c3ccccc3)C2)CCCC1. The van der Waals surface area contributed by atoms with E-state index in [2.05, 4.69) is 0 Å². The third-order valence-electron chi connectivity index (χ3n) is 6.10. The Morgan fingerprint density at radius 1 is 1.19 bits per heavy atom. The Morgan fingerprint density at radius 2 is 1.88 bits per heavy atom. The molecule has 142 valence electrons. The molecule has 1 aliphatic heterocycles. The molecular formula is C21H29NO4. The van der Waals surface area contributed by atoms with E-state index in [4.69, 9.17) is 4.74 Å². The highest BCUT2D eigenvalue weighted by atomic mass is 16.5. The van der Waals surface area contributed by atoms with Crippen LogP contribution in [0.3, 0.4) is 0 Å². The van der Waals surface area contributed by atoms with Gasteiger partial charge in [0, 0.05) is 32.2 Å². The fourth-order valence-electron chi connectivity index (χ4n) is 4.63. The monoisotopic (exact) mass is 359 g/mol. The second-order valence-electron chi connectivity index (χ2n) is 7.61. The topological polar surface area (TPSA) is 66.8 Å². The van der Waals surface area contributed by atoms with Gasteiger partial charge >= 0.3 is 5.97 Å². The van der Waals surface area contributed by atoms with Crippen molar-refractivity contribution in [2.45, 2.75) is 44.9 Å². The van der Waals surface area contributed by atoms with E-state index in [1.54, 1.807) is 0 Å². The molecule has 2 aliphatic rings. The van der Waals surface area contributed by atoms with Crippen LogP contribution in [0.2, 0.25) is 0 Å². The van der Waals surface area contributed by atoms with Crippen LogP contribution in [0.5, 0.6) is 0 Å².